The molecule has 0 fully saturated rings. The summed E-state index contributed by atoms with van der Waals surface area (Å²) >= 11 is 2.21. The molecule has 0 unspecified atom stereocenters. The lowest BCUT2D eigenvalue weighted by molar-refractivity contribution is 0.0956. The molecule has 1 N–H and O–H groups in total. The fraction of sp³-hybridized carbons (Fsp3) is 0.176. The summed E-state index contributed by atoms with van der Waals surface area (Å²) in [5.41, 5.74) is 2.85. The van der Waals surface area contributed by atoms with Crippen LogP contribution in [0.1, 0.15) is 38.3 Å². The zero-order valence-corrected chi connectivity index (χ0v) is 13.5. The minimum absolute atomic E-state index is 0.0498. The predicted octanol–water partition coefficient (Wildman–Crippen LogP) is 3.20. The third-order valence-electron chi connectivity index (χ3n) is 3.63. The maximum atomic E-state index is 12.5. The van der Waals surface area contributed by atoms with Crippen molar-refractivity contribution in [3.05, 3.63) is 68.3 Å². The van der Waals surface area contributed by atoms with E-state index in [1.165, 1.54) is 0 Å². The van der Waals surface area contributed by atoms with Crippen LogP contribution < -0.4 is 5.32 Å². The first-order valence-corrected chi connectivity index (χ1v) is 7.94. The molecular weight excluding hydrogens is 377 g/mol. The Labute approximate surface area is 136 Å². The molecule has 0 saturated heterocycles. The first-order valence-electron chi connectivity index (χ1n) is 6.86. The van der Waals surface area contributed by atoms with Crippen LogP contribution in [-0.4, -0.2) is 18.2 Å². The van der Waals surface area contributed by atoms with E-state index in [0.29, 0.717) is 23.2 Å². The molecular formula is C17H14INO2. The molecule has 3 nitrogen and oxygen atoms in total. The molecule has 1 heterocycles. The average molecular weight is 391 g/mol. The molecule has 0 aromatic heterocycles. The van der Waals surface area contributed by atoms with Crippen LogP contribution in [0.2, 0.25) is 0 Å². The Bertz CT molecular complexity index is 707. The molecule has 4 heteroatoms. The van der Waals surface area contributed by atoms with Gasteiger partial charge in [-0.2, -0.15) is 0 Å². The first kappa shape index (κ1) is 14.3. The smallest absolute Gasteiger partial charge is 0.251 e. The van der Waals surface area contributed by atoms with Gasteiger partial charge in [-0.3, -0.25) is 9.59 Å². The number of amides is 1. The number of aryl methyl sites for hydroxylation is 1. The molecule has 3 rings (SSSR count). The summed E-state index contributed by atoms with van der Waals surface area (Å²) in [6, 6.07) is 12.9. The number of nitrogens with one attached hydrogen (secondary N) is 1. The Morgan fingerprint density at radius 3 is 2.52 bits per heavy atom. The Hall–Kier alpha value is -1.69. The van der Waals surface area contributed by atoms with E-state index in [0.717, 1.165) is 22.0 Å². The van der Waals surface area contributed by atoms with Crippen LogP contribution in [0.15, 0.2) is 42.5 Å². The monoisotopic (exact) mass is 391 g/mol. The molecule has 2 aromatic rings. The van der Waals surface area contributed by atoms with Crippen LogP contribution in [0.25, 0.3) is 0 Å². The first-order chi connectivity index (χ1) is 10.1. The number of ketones is 1. The van der Waals surface area contributed by atoms with Gasteiger partial charge in [0.25, 0.3) is 5.91 Å². The lowest BCUT2D eigenvalue weighted by Gasteiger charge is -2.07. The molecule has 1 aliphatic rings. The highest BCUT2D eigenvalue weighted by atomic mass is 127. The Morgan fingerprint density at radius 2 is 1.76 bits per heavy atom. The van der Waals surface area contributed by atoms with Gasteiger partial charge in [0.05, 0.1) is 0 Å². The number of halogens is 1. The number of carbonyl (C=O) groups is 2. The molecule has 0 saturated carbocycles. The molecule has 106 valence electrons. The Kier molecular flexibility index (Phi) is 4.05. The second-order valence-electron chi connectivity index (χ2n) is 5.07. The van der Waals surface area contributed by atoms with Crippen molar-refractivity contribution in [1.29, 1.82) is 0 Å². The summed E-state index contributed by atoms with van der Waals surface area (Å²) in [7, 11) is 0. The molecule has 1 aliphatic heterocycles. The lowest BCUT2D eigenvalue weighted by atomic mass is 9.96. The summed E-state index contributed by atoms with van der Waals surface area (Å²) in [4.78, 5) is 24.5. The number of rotatable bonds is 2. The Balaban J connectivity index is 1.98. The van der Waals surface area contributed by atoms with Crippen LogP contribution >= 0.6 is 22.6 Å². The van der Waals surface area contributed by atoms with Gasteiger partial charge >= 0.3 is 0 Å². The second kappa shape index (κ2) is 5.97. The lowest BCUT2D eigenvalue weighted by Crippen LogP contribution is -2.22. The number of hydrogen-bond acceptors (Lipinski definition) is 2. The van der Waals surface area contributed by atoms with Gasteiger partial charge in [-0.15, -0.1) is 0 Å². The van der Waals surface area contributed by atoms with E-state index >= 15 is 0 Å². The quantitative estimate of drug-likeness (QED) is 0.632. The van der Waals surface area contributed by atoms with Crippen LogP contribution in [0.5, 0.6) is 0 Å². The van der Waals surface area contributed by atoms with E-state index in [1.807, 2.05) is 36.4 Å². The van der Waals surface area contributed by atoms with Gasteiger partial charge in [-0.25, -0.2) is 0 Å². The summed E-state index contributed by atoms with van der Waals surface area (Å²) in [6.45, 7) is 0.688. The highest BCUT2D eigenvalue weighted by Gasteiger charge is 2.18. The summed E-state index contributed by atoms with van der Waals surface area (Å²) < 4.78 is 1.09. The fourth-order valence-electron chi connectivity index (χ4n) is 2.49. The number of carbonyl (C=O) groups excluding carboxylic acids is 2. The van der Waals surface area contributed by atoms with Gasteiger partial charge in [-0.05, 0) is 71.3 Å². The molecule has 0 aliphatic carbocycles. The Morgan fingerprint density at radius 1 is 1.05 bits per heavy atom. The minimum atomic E-state index is -0.0836. The predicted molar refractivity (Wildman–Crippen MR) is 89.7 cm³/mol. The maximum absolute atomic E-state index is 12.5. The summed E-state index contributed by atoms with van der Waals surface area (Å²) in [5.74, 6) is -0.133. The van der Waals surface area contributed by atoms with Gasteiger partial charge < -0.3 is 5.32 Å². The fourth-order valence-corrected chi connectivity index (χ4v) is 2.85. The molecule has 0 atom stereocenters. The van der Waals surface area contributed by atoms with E-state index in [2.05, 4.69) is 27.9 Å². The second-order valence-corrected chi connectivity index (χ2v) is 6.31. The van der Waals surface area contributed by atoms with E-state index in [9.17, 15) is 9.59 Å². The van der Waals surface area contributed by atoms with Gasteiger partial charge in [0.1, 0.15) is 0 Å². The molecule has 2 aromatic carbocycles. The highest BCUT2D eigenvalue weighted by molar-refractivity contribution is 14.1. The highest BCUT2D eigenvalue weighted by Crippen LogP contribution is 2.19. The minimum Gasteiger partial charge on any atom is -0.352 e. The zero-order valence-electron chi connectivity index (χ0n) is 11.4. The van der Waals surface area contributed by atoms with Crippen LogP contribution in [0.3, 0.4) is 0 Å². The van der Waals surface area contributed by atoms with Crippen molar-refractivity contribution in [2.75, 3.05) is 6.54 Å². The number of hydrogen-bond donors (Lipinski definition) is 1. The molecule has 1 amide bonds. The van der Waals surface area contributed by atoms with Crippen LogP contribution in [0.4, 0.5) is 0 Å². The van der Waals surface area contributed by atoms with Crippen LogP contribution in [-0.2, 0) is 6.42 Å². The average Bonchev–Trinajstić information content (AvgIpc) is 2.69. The van der Waals surface area contributed by atoms with Crippen molar-refractivity contribution in [3.63, 3.8) is 0 Å². The number of benzene rings is 2. The maximum Gasteiger partial charge on any atom is 0.251 e. The third-order valence-corrected chi connectivity index (χ3v) is 4.35. The van der Waals surface area contributed by atoms with E-state index in [1.54, 1.807) is 6.07 Å². The van der Waals surface area contributed by atoms with E-state index in [-0.39, 0.29) is 11.7 Å². The normalized spacial score (nSPS) is 14.0. The van der Waals surface area contributed by atoms with Gasteiger partial charge in [-0.1, -0.05) is 12.1 Å². The van der Waals surface area contributed by atoms with E-state index in [4.69, 9.17) is 0 Å². The molecule has 0 radical (unpaired) electrons. The van der Waals surface area contributed by atoms with Crippen molar-refractivity contribution in [3.8, 4) is 0 Å². The van der Waals surface area contributed by atoms with Crippen molar-refractivity contribution < 1.29 is 9.59 Å². The SMILES string of the molecule is O=C(c1ccc(I)cc1)c1ccc2c(c1)C(=O)NCCC2. The van der Waals surface area contributed by atoms with Gasteiger partial charge in [0.15, 0.2) is 5.78 Å². The topological polar surface area (TPSA) is 46.2 Å². The van der Waals surface area contributed by atoms with Crippen molar-refractivity contribution in [1.82, 2.24) is 5.32 Å². The van der Waals surface area contributed by atoms with Crippen molar-refractivity contribution in [2.45, 2.75) is 12.8 Å². The molecule has 0 bridgehead atoms. The molecule has 0 spiro atoms. The van der Waals surface area contributed by atoms with Crippen molar-refractivity contribution in [2.24, 2.45) is 0 Å². The van der Waals surface area contributed by atoms with Crippen molar-refractivity contribution >= 4 is 34.3 Å². The van der Waals surface area contributed by atoms with Gasteiger partial charge in [0.2, 0.25) is 0 Å². The van der Waals surface area contributed by atoms with Crippen LogP contribution in [0, 0.1) is 3.57 Å². The standard InChI is InChI=1S/C17H14INO2/c18-14-7-5-12(6-8-14)16(20)13-4-3-11-2-1-9-19-17(21)15(11)10-13/h3-8,10H,1-2,9H2,(H,19,21). The van der Waals surface area contributed by atoms with E-state index < -0.39 is 0 Å². The number of fused-ring (bicyclic) bond motifs is 1. The summed E-state index contributed by atoms with van der Waals surface area (Å²) in [6.07, 6.45) is 1.80. The van der Waals surface area contributed by atoms with Gasteiger partial charge in [0, 0.05) is 26.8 Å². The molecule has 21 heavy (non-hydrogen) atoms. The third kappa shape index (κ3) is 3.00. The largest absolute Gasteiger partial charge is 0.352 e. The zero-order chi connectivity index (χ0) is 14.8. The summed E-state index contributed by atoms with van der Waals surface area (Å²) in [5, 5.41) is 2.86.